The monoisotopic (exact) mass is 338 g/mol. The van der Waals surface area contributed by atoms with E-state index in [2.05, 4.69) is 5.32 Å². The van der Waals surface area contributed by atoms with Gasteiger partial charge < -0.3 is 10.4 Å². The summed E-state index contributed by atoms with van der Waals surface area (Å²) in [5.74, 6) is -1.26. The fourth-order valence-corrected chi connectivity index (χ4v) is 2.78. The maximum absolute atomic E-state index is 13.1. The number of rotatable bonds is 2. The third-order valence-corrected chi connectivity index (χ3v) is 3.83. The molecule has 1 heterocycles. The summed E-state index contributed by atoms with van der Waals surface area (Å²) in [5, 5.41) is 19.9. The molecule has 1 saturated heterocycles. The lowest BCUT2D eigenvalue weighted by Crippen LogP contribution is -2.43. The number of alkyl halides is 6. The Morgan fingerprint density at radius 1 is 1.22 bits per heavy atom. The van der Waals surface area contributed by atoms with Gasteiger partial charge in [0.15, 0.2) is 0 Å². The Morgan fingerprint density at radius 2 is 1.87 bits per heavy atom. The molecule has 2 N–H and O–H groups in total. The zero-order valence-corrected chi connectivity index (χ0v) is 11.5. The van der Waals surface area contributed by atoms with E-state index in [1.54, 1.807) is 0 Å². The highest BCUT2D eigenvalue weighted by atomic mass is 19.4. The summed E-state index contributed by atoms with van der Waals surface area (Å²) in [7, 11) is 0. The van der Waals surface area contributed by atoms with Crippen LogP contribution in [0.4, 0.5) is 26.3 Å². The summed E-state index contributed by atoms with van der Waals surface area (Å²) in [4.78, 5) is 0. The molecule has 0 saturated carbocycles. The van der Waals surface area contributed by atoms with E-state index < -0.39 is 48.1 Å². The van der Waals surface area contributed by atoms with E-state index in [4.69, 9.17) is 10.4 Å². The molecule has 0 bridgehead atoms. The highest BCUT2D eigenvalue weighted by Crippen LogP contribution is 2.41. The molecule has 3 atom stereocenters. The van der Waals surface area contributed by atoms with Crippen molar-refractivity contribution in [3.05, 3.63) is 34.9 Å². The van der Waals surface area contributed by atoms with Gasteiger partial charge in [-0.1, -0.05) is 6.07 Å². The van der Waals surface area contributed by atoms with Gasteiger partial charge in [0.05, 0.1) is 23.8 Å². The van der Waals surface area contributed by atoms with Crippen molar-refractivity contribution in [2.24, 2.45) is 0 Å². The van der Waals surface area contributed by atoms with Gasteiger partial charge in [-0.2, -0.15) is 31.6 Å². The van der Waals surface area contributed by atoms with Crippen molar-refractivity contribution in [2.45, 2.75) is 36.8 Å². The van der Waals surface area contributed by atoms with E-state index >= 15 is 0 Å². The van der Waals surface area contributed by atoms with Crippen molar-refractivity contribution in [1.29, 1.82) is 5.26 Å². The van der Waals surface area contributed by atoms with Crippen molar-refractivity contribution in [3.63, 3.8) is 0 Å². The van der Waals surface area contributed by atoms with Crippen molar-refractivity contribution in [1.82, 2.24) is 5.32 Å². The summed E-state index contributed by atoms with van der Waals surface area (Å²) in [6, 6.07) is 1.04. The Hall–Kier alpha value is -1.79. The first-order valence-electron chi connectivity index (χ1n) is 6.62. The maximum atomic E-state index is 13.1. The fraction of sp³-hybridized carbons (Fsp3) is 0.500. The van der Waals surface area contributed by atoms with Gasteiger partial charge in [-0.15, -0.1) is 0 Å². The smallest absolute Gasteiger partial charge is 0.395 e. The molecule has 2 rings (SSSR count). The number of nitrogens with zero attached hydrogens (tertiary/aromatic N) is 1. The largest absolute Gasteiger partial charge is 0.417 e. The Labute approximate surface area is 127 Å². The minimum absolute atomic E-state index is 0.149. The van der Waals surface area contributed by atoms with Crippen LogP contribution in [0.3, 0.4) is 0 Å². The molecule has 9 heteroatoms. The number of aliphatic hydroxyl groups is 1. The maximum Gasteiger partial charge on any atom is 0.417 e. The molecule has 1 aromatic carbocycles. The van der Waals surface area contributed by atoms with E-state index in [1.807, 2.05) is 0 Å². The van der Waals surface area contributed by atoms with Crippen molar-refractivity contribution in [2.75, 3.05) is 6.61 Å². The SMILES string of the molecule is N#Cc1ccc(C2CC(CO)NC2C(F)(F)F)cc1C(F)(F)F. The van der Waals surface area contributed by atoms with Crippen molar-refractivity contribution < 1.29 is 31.4 Å². The van der Waals surface area contributed by atoms with Gasteiger partial charge in [-0.25, -0.2) is 0 Å². The van der Waals surface area contributed by atoms with Gasteiger partial charge in [0, 0.05) is 12.0 Å². The van der Waals surface area contributed by atoms with Gasteiger partial charge in [0.1, 0.15) is 6.04 Å². The number of benzene rings is 1. The molecule has 0 spiro atoms. The second-order valence-electron chi connectivity index (χ2n) is 5.32. The Bertz CT molecular complexity index is 619. The Morgan fingerprint density at radius 3 is 2.35 bits per heavy atom. The van der Waals surface area contributed by atoms with Crippen LogP contribution < -0.4 is 5.32 Å². The van der Waals surface area contributed by atoms with E-state index in [0.717, 1.165) is 12.1 Å². The molecule has 3 nitrogen and oxygen atoms in total. The molecular formula is C14H12F6N2O. The van der Waals surface area contributed by atoms with Crippen LogP contribution in [0.2, 0.25) is 0 Å². The minimum atomic E-state index is -4.84. The number of aliphatic hydroxyl groups excluding tert-OH is 1. The van der Waals surface area contributed by atoms with Crippen LogP contribution in [-0.2, 0) is 6.18 Å². The van der Waals surface area contributed by atoms with Gasteiger partial charge in [-0.05, 0) is 24.1 Å². The summed E-state index contributed by atoms with van der Waals surface area (Å²) in [5.41, 5.74) is -2.07. The van der Waals surface area contributed by atoms with Crippen LogP contribution in [0, 0.1) is 11.3 Å². The molecule has 0 aliphatic carbocycles. The molecule has 1 aliphatic heterocycles. The average Bonchev–Trinajstić information content (AvgIpc) is 2.90. The molecule has 1 fully saturated rings. The first kappa shape index (κ1) is 17.6. The van der Waals surface area contributed by atoms with Crippen LogP contribution >= 0.6 is 0 Å². The molecule has 126 valence electrons. The molecule has 23 heavy (non-hydrogen) atoms. The van der Waals surface area contributed by atoms with Gasteiger partial charge >= 0.3 is 12.4 Å². The predicted molar refractivity (Wildman–Crippen MR) is 67.4 cm³/mol. The lowest BCUT2D eigenvalue weighted by Gasteiger charge is -2.23. The van der Waals surface area contributed by atoms with Crippen LogP contribution in [0.1, 0.15) is 29.0 Å². The van der Waals surface area contributed by atoms with E-state index in [0.29, 0.717) is 6.07 Å². The quantitative estimate of drug-likeness (QED) is 0.815. The lowest BCUT2D eigenvalue weighted by molar-refractivity contribution is -0.156. The van der Waals surface area contributed by atoms with Crippen LogP contribution in [0.5, 0.6) is 0 Å². The molecule has 0 aromatic heterocycles. The minimum Gasteiger partial charge on any atom is -0.395 e. The summed E-state index contributed by atoms with van der Waals surface area (Å²) >= 11 is 0. The molecular weight excluding hydrogens is 326 g/mol. The summed E-state index contributed by atoms with van der Waals surface area (Å²) < 4.78 is 78.0. The molecule has 0 amide bonds. The van der Waals surface area contributed by atoms with E-state index in [1.165, 1.54) is 6.07 Å². The average molecular weight is 338 g/mol. The van der Waals surface area contributed by atoms with Crippen molar-refractivity contribution >= 4 is 0 Å². The first-order chi connectivity index (χ1) is 10.6. The Kier molecular flexibility index (Phi) is 4.59. The van der Waals surface area contributed by atoms with Crippen LogP contribution in [-0.4, -0.2) is 30.0 Å². The Balaban J connectivity index is 2.46. The third kappa shape index (κ3) is 3.59. The molecule has 3 unspecified atom stereocenters. The first-order valence-corrected chi connectivity index (χ1v) is 6.62. The second kappa shape index (κ2) is 6.02. The number of halogens is 6. The number of nitriles is 1. The van der Waals surface area contributed by atoms with E-state index in [9.17, 15) is 26.3 Å². The third-order valence-electron chi connectivity index (χ3n) is 3.83. The zero-order valence-electron chi connectivity index (χ0n) is 11.5. The molecule has 1 aromatic rings. The van der Waals surface area contributed by atoms with Crippen LogP contribution in [0.25, 0.3) is 0 Å². The summed E-state index contributed by atoms with van der Waals surface area (Å²) in [6.07, 6.45) is -9.65. The second-order valence-corrected chi connectivity index (χ2v) is 5.32. The highest BCUT2D eigenvalue weighted by molar-refractivity contribution is 5.43. The van der Waals surface area contributed by atoms with Gasteiger partial charge in [0.25, 0.3) is 0 Å². The topological polar surface area (TPSA) is 56.0 Å². The standard InChI is InChI=1S/C14H12F6N2O/c15-13(16,17)11-3-7(1-2-8(11)5-21)10-4-9(6-23)22-12(10)14(18,19)20/h1-3,9-10,12,22-23H,4,6H2. The fourth-order valence-electron chi connectivity index (χ4n) is 2.78. The van der Waals surface area contributed by atoms with Gasteiger partial charge in [0.2, 0.25) is 0 Å². The zero-order chi connectivity index (χ0) is 17.4. The van der Waals surface area contributed by atoms with Crippen molar-refractivity contribution in [3.8, 4) is 6.07 Å². The predicted octanol–water partition coefficient (Wildman–Crippen LogP) is 2.95. The number of nitrogens with one attached hydrogen (secondary N) is 1. The molecule has 0 radical (unpaired) electrons. The molecule has 1 aliphatic rings. The summed E-state index contributed by atoms with van der Waals surface area (Å²) in [6.45, 7) is -0.550. The lowest BCUT2D eigenvalue weighted by atomic mass is 9.88. The number of hydrogen-bond donors (Lipinski definition) is 2. The van der Waals surface area contributed by atoms with Gasteiger partial charge in [-0.3, -0.25) is 0 Å². The highest BCUT2D eigenvalue weighted by Gasteiger charge is 2.50. The van der Waals surface area contributed by atoms with Crippen LogP contribution in [0.15, 0.2) is 18.2 Å². The normalized spacial score (nSPS) is 25.4. The number of hydrogen-bond acceptors (Lipinski definition) is 3. The van der Waals surface area contributed by atoms with E-state index in [-0.39, 0.29) is 12.0 Å².